The fourth-order valence-electron chi connectivity index (χ4n) is 0. The molecule has 0 radical (unpaired) electrons. The Bertz CT molecular complexity index is 61.5. The van der Waals surface area contributed by atoms with Crippen molar-refractivity contribution in [2.45, 2.75) is 79.8 Å². The van der Waals surface area contributed by atoms with Gasteiger partial charge in [0, 0.05) is 0 Å². The summed E-state index contributed by atoms with van der Waals surface area (Å²) < 4.78 is 0. The molecular weight excluding hydrogens is 398 g/mol. The molecule has 0 atom stereocenters. The Morgan fingerprint density at radius 3 is 0.412 bits per heavy atom. The van der Waals surface area contributed by atoms with Crippen molar-refractivity contribution in [1.82, 2.24) is 0 Å². The number of hydrogen-bond donors (Lipinski definition) is 0. The van der Waals surface area contributed by atoms with Crippen molar-refractivity contribution in [3.05, 3.63) is 0 Å². The van der Waals surface area contributed by atoms with Gasteiger partial charge in [0.05, 0.1) is 0 Å². The summed E-state index contributed by atoms with van der Waals surface area (Å²) in [6.07, 6.45) is -1.67. The van der Waals surface area contributed by atoms with Gasteiger partial charge in [-0.05, 0) is 0 Å². The first kappa shape index (κ1) is 30.5. The monoisotopic (exact) mass is 428 g/mol. The predicted molar refractivity (Wildman–Crippen MR) is 60.5 cm³/mol. The molecule has 0 bridgehead atoms. The summed E-state index contributed by atoms with van der Waals surface area (Å²) in [5, 5.41) is 38.1. The van der Waals surface area contributed by atoms with Crippen molar-refractivity contribution in [3.8, 4) is 0 Å². The van der Waals surface area contributed by atoms with Crippen LogP contribution in [0.3, 0.4) is 0 Å². The molecule has 0 aromatic carbocycles. The predicted octanol–water partition coefficient (Wildman–Crippen LogP) is -0.982. The van der Waals surface area contributed by atoms with Crippen LogP contribution in [0.5, 0.6) is 0 Å². The molecule has 0 aliphatic rings. The number of hydrogen-bond acceptors (Lipinski definition) is 4. The maximum atomic E-state index is 9.53. The topological polar surface area (TPSA) is 92.2 Å². The van der Waals surface area contributed by atoms with Crippen molar-refractivity contribution in [1.29, 1.82) is 0 Å². The summed E-state index contributed by atoms with van der Waals surface area (Å²) in [6.45, 7) is 12.9. The van der Waals surface area contributed by atoms with Gasteiger partial charge in [0.15, 0.2) is 0 Å². The molecule has 0 heterocycles. The summed E-state index contributed by atoms with van der Waals surface area (Å²) in [5.74, 6) is 0. The van der Waals surface area contributed by atoms with E-state index in [4.69, 9.17) is 0 Å². The molecule has 0 saturated carbocycles. The second-order valence-corrected chi connectivity index (χ2v) is 4.20. The molecule has 0 aromatic rings. The fourth-order valence-corrected chi connectivity index (χ4v) is 0. The summed E-state index contributed by atoms with van der Waals surface area (Å²) in [4.78, 5) is 0. The molecule has 0 rings (SSSR count). The van der Waals surface area contributed by atoms with E-state index in [-0.39, 0.29) is 19.8 Å². The van der Waals surface area contributed by atoms with Gasteiger partial charge in [0.25, 0.3) is 0 Å². The van der Waals surface area contributed by atoms with Crippen LogP contribution in [0.1, 0.15) is 55.4 Å². The number of rotatable bonds is 0. The Morgan fingerprint density at radius 1 is 0.412 bits per heavy atom. The summed E-state index contributed by atoms with van der Waals surface area (Å²) in [5.41, 5.74) is 0. The molecule has 108 valence electrons. The molecule has 0 saturated heterocycles. The maximum Gasteiger partial charge on any atom is 4.00 e. The smallest absolute Gasteiger partial charge is 0.852 e. The van der Waals surface area contributed by atoms with Crippen LogP contribution < -0.4 is 20.4 Å². The fraction of sp³-hybridized carbons (Fsp3) is 1.00. The molecule has 0 aromatic heterocycles. The molecule has 0 fully saturated rings. The Morgan fingerprint density at radius 2 is 0.412 bits per heavy atom. The Labute approximate surface area is 120 Å². The summed E-state index contributed by atoms with van der Waals surface area (Å²) in [7, 11) is 0. The molecule has 4 nitrogen and oxygen atoms in total. The molecule has 5 heteroatoms. The molecule has 0 aliphatic carbocycles. The SMILES string of the molecule is CC(C)[O-].CC(C)[O-].CC(C)[O-].CC(C)[O-].[Os+4]. The van der Waals surface area contributed by atoms with E-state index in [0.29, 0.717) is 0 Å². The largest absolute Gasteiger partial charge is 4.00 e. The van der Waals surface area contributed by atoms with Gasteiger partial charge < -0.3 is 20.4 Å². The van der Waals surface area contributed by atoms with Crippen LogP contribution in [-0.2, 0) is 19.8 Å². The van der Waals surface area contributed by atoms with Gasteiger partial charge >= 0.3 is 19.8 Å². The second kappa shape index (κ2) is 25.4. The minimum atomic E-state index is -0.417. The molecule has 0 unspecified atom stereocenters. The van der Waals surface area contributed by atoms with Crippen molar-refractivity contribution in [2.75, 3.05) is 0 Å². The Balaban J connectivity index is -0.0000000369. The Hall–Kier alpha value is 0.476. The van der Waals surface area contributed by atoms with Crippen molar-refractivity contribution in [3.63, 3.8) is 0 Å². The van der Waals surface area contributed by atoms with Crippen molar-refractivity contribution < 1.29 is 40.2 Å². The van der Waals surface area contributed by atoms with Crippen LogP contribution in [0.4, 0.5) is 0 Å². The van der Waals surface area contributed by atoms with E-state index in [2.05, 4.69) is 0 Å². The quantitative estimate of drug-likeness (QED) is 0.498. The average Bonchev–Trinajstić information content (AvgIpc) is 1.76. The van der Waals surface area contributed by atoms with Crippen LogP contribution in [0.2, 0.25) is 0 Å². The molecule has 0 N–H and O–H groups in total. The van der Waals surface area contributed by atoms with Crippen LogP contribution in [-0.4, -0.2) is 24.4 Å². The third-order valence-electron chi connectivity index (χ3n) is 0. The van der Waals surface area contributed by atoms with Gasteiger partial charge in [-0.1, -0.05) is 55.4 Å². The van der Waals surface area contributed by atoms with E-state index in [1.165, 1.54) is 0 Å². The summed E-state index contributed by atoms with van der Waals surface area (Å²) >= 11 is 0. The third kappa shape index (κ3) is 15200. The van der Waals surface area contributed by atoms with Crippen LogP contribution in [0.15, 0.2) is 0 Å². The van der Waals surface area contributed by atoms with Gasteiger partial charge in [-0.25, -0.2) is 0 Å². The zero-order valence-electron chi connectivity index (χ0n) is 12.3. The normalized spacial score (nSPS) is 8.47. The van der Waals surface area contributed by atoms with Crippen molar-refractivity contribution in [2.24, 2.45) is 0 Å². The molecule has 0 aliphatic heterocycles. The standard InChI is InChI=1S/4C3H7O.Os/c4*1-3(2)4;/h4*3H,1-2H3;/q4*-1;+4. The van der Waals surface area contributed by atoms with Gasteiger partial charge in [0.1, 0.15) is 0 Å². The van der Waals surface area contributed by atoms with Gasteiger partial charge in [-0.3, -0.25) is 0 Å². The van der Waals surface area contributed by atoms with Crippen molar-refractivity contribution >= 4 is 0 Å². The van der Waals surface area contributed by atoms with Gasteiger partial charge in [-0.15, -0.1) is 24.4 Å². The molecule has 0 amide bonds. The van der Waals surface area contributed by atoms with E-state index in [1.54, 1.807) is 55.4 Å². The molecular formula is C12H28O4Os. The van der Waals surface area contributed by atoms with Crippen LogP contribution >= 0.6 is 0 Å². The average molecular weight is 427 g/mol. The van der Waals surface area contributed by atoms with E-state index in [1.807, 2.05) is 0 Å². The van der Waals surface area contributed by atoms with Crippen LogP contribution in [0.25, 0.3) is 0 Å². The third-order valence-corrected chi connectivity index (χ3v) is 0. The first-order valence-electron chi connectivity index (χ1n) is 5.56. The van der Waals surface area contributed by atoms with E-state index >= 15 is 0 Å². The van der Waals surface area contributed by atoms with E-state index in [9.17, 15) is 20.4 Å². The Kier molecular flexibility index (Phi) is 45.5. The first-order valence-corrected chi connectivity index (χ1v) is 5.56. The maximum absolute atomic E-state index is 9.53. The zero-order chi connectivity index (χ0) is 14.3. The first-order chi connectivity index (χ1) is 6.93. The van der Waals surface area contributed by atoms with Gasteiger partial charge in [0.2, 0.25) is 0 Å². The zero-order valence-corrected chi connectivity index (χ0v) is 14.8. The minimum Gasteiger partial charge on any atom is -0.852 e. The van der Waals surface area contributed by atoms with E-state index in [0.717, 1.165) is 0 Å². The molecule has 0 spiro atoms. The minimum absolute atomic E-state index is 0. The van der Waals surface area contributed by atoms with Gasteiger partial charge in [-0.2, -0.15) is 0 Å². The van der Waals surface area contributed by atoms with Crippen LogP contribution in [0, 0.1) is 0 Å². The summed E-state index contributed by atoms with van der Waals surface area (Å²) in [6, 6.07) is 0. The van der Waals surface area contributed by atoms with E-state index < -0.39 is 24.4 Å². The molecule has 17 heavy (non-hydrogen) atoms. The second-order valence-electron chi connectivity index (χ2n) is 4.20.